The molecule has 1 aliphatic carbocycles. The van der Waals surface area contributed by atoms with E-state index in [1.807, 2.05) is 13.8 Å². The van der Waals surface area contributed by atoms with Crippen LogP contribution in [0, 0.1) is 5.82 Å². The molecule has 2 aromatic rings. The van der Waals surface area contributed by atoms with Crippen molar-refractivity contribution < 1.29 is 37.4 Å². The van der Waals surface area contributed by atoms with Gasteiger partial charge in [-0.05, 0) is 71.2 Å². The summed E-state index contributed by atoms with van der Waals surface area (Å²) in [6.45, 7) is 0.992. The number of anilines is 1. The van der Waals surface area contributed by atoms with E-state index in [0.29, 0.717) is 23.1 Å². The van der Waals surface area contributed by atoms with E-state index in [0.717, 1.165) is 12.0 Å². The molecule has 2 aliphatic rings. The van der Waals surface area contributed by atoms with Gasteiger partial charge in [-0.1, -0.05) is 19.9 Å². The second-order valence-corrected chi connectivity index (χ2v) is 9.74. The molecule has 7 nitrogen and oxygen atoms in total. The molecule has 0 fully saturated rings. The van der Waals surface area contributed by atoms with Crippen molar-refractivity contribution in [1.82, 2.24) is 4.90 Å². The zero-order valence-corrected chi connectivity index (χ0v) is 19.9. The number of ether oxygens (including phenoxy) is 1. The number of benzene rings is 2. The van der Waals surface area contributed by atoms with Crippen molar-refractivity contribution in [3.05, 3.63) is 58.4 Å². The largest absolute Gasteiger partial charge is 0.481 e. The first-order valence-corrected chi connectivity index (χ1v) is 11.7. The SMILES string of the molecule is CC1(C)CCc2cc(NC(=O)C3c4ccc(OC(F)F)cc4CCN3C(=O)CCC(=O)O)cc(F)c21. The van der Waals surface area contributed by atoms with Gasteiger partial charge in [-0.2, -0.15) is 8.78 Å². The van der Waals surface area contributed by atoms with Gasteiger partial charge in [0.1, 0.15) is 17.6 Å². The zero-order valence-electron chi connectivity index (χ0n) is 19.9. The van der Waals surface area contributed by atoms with Gasteiger partial charge in [-0.25, -0.2) is 4.39 Å². The molecule has 4 rings (SSSR count). The topological polar surface area (TPSA) is 95.9 Å². The van der Waals surface area contributed by atoms with Crippen molar-refractivity contribution >= 4 is 23.5 Å². The van der Waals surface area contributed by atoms with Crippen LogP contribution in [0.1, 0.15) is 61.4 Å². The number of carboxylic acid groups (broad SMARTS) is 1. The van der Waals surface area contributed by atoms with E-state index in [9.17, 15) is 27.6 Å². The smallest absolute Gasteiger partial charge is 0.387 e. The number of carbonyl (C=O) groups is 3. The van der Waals surface area contributed by atoms with Crippen molar-refractivity contribution in [2.75, 3.05) is 11.9 Å². The summed E-state index contributed by atoms with van der Waals surface area (Å²) in [4.78, 5) is 38.6. The molecule has 36 heavy (non-hydrogen) atoms. The zero-order chi connectivity index (χ0) is 26.2. The van der Waals surface area contributed by atoms with Crippen LogP contribution in [0.5, 0.6) is 5.75 Å². The maximum Gasteiger partial charge on any atom is 0.387 e. The van der Waals surface area contributed by atoms with E-state index in [-0.39, 0.29) is 36.2 Å². The second kappa shape index (κ2) is 9.83. The number of rotatable bonds is 7. The third-order valence-electron chi connectivity index (χ3n) is 6.82. The standard InChI is InChI=1S/C26H27F3N2O5/c1-26(2)9-7-15-11-16(13-19(27)22(15)26)30-24(35)23-18-4-3-17(36-25(28)29)12-14(18)8-10-31(23)20(32)5-6-21(33)34/h3-4,11-13,23,25H,5-10H2,1-2H3,(H,30,35)(H,33,34). The summed E-state index contributed by atoms with van der Waals surface area (Å²) in [5.74, 6) is -2.78. The number of aliphatic carboxylic acids is 1. The highest BCUT2D eigenvalue weighted by Gasteiger charge is 2.37. The van der Waals surface area contributed by atoms with Crippen LogP contribution in [0.4, 0.5) is 18.9 Å². The molecule has 1 unspecified atom stereocenters. The van der Waals surface area contributed by atoms with Crippen molar-refractivity contribution in [2.24, 2.45) is 0 Å². The van der Waals surface area contributed by atoms with E-state index >= 15 is 0 Å². The Labute approximate surface area is 206 Å². The first-order valence-electron chi connectivity index (χ1n) is 11.7. The van der Waals surface area contributed by atoms with Crippen LogP contribution in [0.15, 0.2) is 30.3 Å². The van der Waals surface area contributed by atoms with Gasteiger partial charge in [0.05, 0.1) is 6.42 Å². The van der Waals surface area contributed by atoms with Gasteiger partial charge in [0.25, 0.3) is 5.91 Å². The molecule has 2 aromatic carbocycles. The molecule has 1 heterocycles. The quantitative estimate of drug-likeness (QED) is 0.576. The maximum atomic E-state index is 15.0. The van der Waals surface area contributed by atoms with Crippen LogP contribution in [-0.4, -0.2) is 40.9 Å². The van der Waals surface area contributed by atoms with Crippen molar-refractivity contribution in [2.45, 2.75) is 64.0 Å². The third-order valence-corrected chi connectivity index (χ3v) is 6.82. The van der Waals surface area contributed by atoms with Gasteiger partial charge in [0, 0.05) is 18.7 Å². The van der Waals surface area contributed by atoms with Crippen LogP contribution in [0.3, 0.4) is 0 Å². The first-order chi connectivity index (χ1) is 17.0. The minimum absolute atomic E-state index is 0.0723. The van der Waals surface area contributed by atoms with Crippen molar-refractivity contribution in [1.29, 1.82) is 0 Å². The number of aryl methyl sites for hydroxylation is 1. The second-order valence-electron chi connectivity index (χ2n) is 9.74. The molecule has 10 heteroatoms. The predicted molar refractivity (Wildman–Crippen MR) is 124 cm³/mol. The number of nitrogens with one attached hydrogen (secondary N) is 1. The molecular weight excluding hydrogens is 477 g/mol. The lowest BCUT2D eigenvalue weighted by Crippen LogP contribution is -2.45. The summed E-state index contributed by atoms with van der Waals surface area (Å²) in [5.41, 5.74) is 2.33. The number of alkyl halides is 2. The number of carboxylic acids is 1. The summed E-state index contributed by atoms with van der Waals surface area (Å²) >= 11 is 0. The van der Waals surface area contributed by atoms with Gasteiger partial charge in [0.15, 0.2) is 0 Å². The highest BCUT2D eigenvalue weighted by molar-refractivity contribution is 5.98. The number of amides is 2. The van der Waals surface area contributed by atoms with Crippen LogP contribution < -0.4 is 10.1 Å². The number of nitrogens with zero attached hydrogens (tertiary/aromatic N) is 1. The molecule has 0 radical (unpaired) electrons. The molecule has 2 amide bonds. The van der Waals surface area contributed by atoms with Crippen molar-refractivity contribution in [3.63, 3.8) is 0 Å². The minimum atomic E-state index is -3.01. The van der Waals surface area contributed by atoms with Crippen LogP contribution >= 0.6 is 0 Å². The lowest BCUT2D eigenvalue weighted by molar-refractivity contribution is -0.143. The Kier molecular flexibility index (Phi) is 6.97. The fourth-order valence-corrected chi connectivity index (χ4v) is 5.16. The van der Waals surface area contributed by atoms with E-state index in [1.54, 1.807) is 6.07 Å². The Hall–Kier alpha value is -3.56. The normalized spacial score (nSPS) is 17.9. The average molecular weight is 505 g/mol. The molecule has 192 valence electrons. The highest BCUT2D eigenvalue weighted by atomic mass is 19.3. The van der Waals surface area contributed by atoms with Crippen LogP contribution in [0.25, 0.3) is 0 Å². The van der Waals surface area contributed by atoms with E-state index < -0.39 is 42.7 Å². The van der Waals surface area contributed by atoms with Gasteiger partial charge >= 0.3 is 12.6 Å². The van der Waals surface area contributed by atoms with Gasteiger partial charge in [0.2, 0.25) is 5.91 Å². The average Bonchev–Trinajstić information content (AvgIpc) is 3.10. The highest BCUT2D eigenvalue weighted by Crippen LogP contribution is 2.41. The fourth-order valence-electron chi connectivity index (χ4n) is 5.16. The molecule has 0 saturated heterocycles. The number of halogens is 3. The number of hydrogen-bond donors (Lipinski definition) is 2. The molecule has 0 aromatic heterocycles. The molecule has 0 spiro atoms. The number of fused-ring (bicyclic) bond motifs is 2. The molecule has 0 bridgehead atoms. The summed E-state index contributed by atoms with van der Waals surface area (Å²) in [7, 11) is 0. The molecule has 0 saturated carbocycles. The van der Waals surface area contributed by atoms with E-state index in [2.05, 4.69) is 10.1 Å². The maximum absolute atomic E-state index is 15.0. The van der Waals surface area contributed by atoms with Crippen LogP contribution in [0.2, 0.25) is 0 Å². The lowest BCUT2D eigenvalue weighted by Gasteiger charge is -2.36. The Balaban J connectivity index is 1.66. The predicted octanol–water partition coefficient (Wildman–Crippen LogP) is 4.58. The molecular formula is C26H27F3N2O5. The third kappa shape index (κ3) is 5.17. The number of carbonyl (C=O) groups excluding carboxylic acids is 2. The summed E-state index contributed by atoms with van der Waals surface area (Å²) < 4.78 is 44.8. The Morgan fingerprint density at radius 2 is 1.89 bits per heavy atom. The Morgan fingerprint density at radius 3 is 2.58 bits per heavy atom. The minimum Gasteiger partial charge on any atom is -0.481 e. The first kappa shape index (κ1) is 25.5. The molecule has 1 aliphatic heterocycles. The fraction of sp³-hybridized carbons (Fsp3) is 0.423. The van der Waals surface area contributed by atoms with Gasteiger partial charge < -0.3 is 20.1 Å². The summed E-state index contributed by atoms with van der Waals surface area (Å²) in [6, 6.07) is 5.96. The van der Waals surface area contributed by atoms with E-state index in [4.69, 9.17) is 5.11 Å². The summed E-state index contributed by atoms with van der Waals surface area (Å²) in [6.07, 6.45) is 1.01. The van der Waals surface area contributed by atoms with Gasteiger partial charge in [-0.3, -0.25) is 14.4 Å². The molecule has 1 atom stereocenters. The van der Waals surface area contributed by atoms with E-state index in [1.165, 1.54) is 29.2 Å². The summed E-state index contributed by atoms with van der Waals surface area (Å²) in [5, 5.41) is 11.7. The van der Waals surface area contributed by atoms with Crippen molar-refractivity contribution in [3.8, 4) is 5.75 Å². The Bertz CT molecular complexity index is 1210. The monoisotopic (exact) mass is 504 g/mol. The Morgan fingerprint density at radius 1 is 1.14 bits per heavy atom. The lowest BCUT2D eigenvalue weighted by atomic mass is 9.86. The van der Waals surface area contributed by atoms with Crippen LogP contribution in [-0.2, 0) is 32.6 Å². The number of hydrogen-bond acceptors (Lipinski definition) is 4. The molecule has 2 N–H and O–H groups in total. The van der Waals surface area contributed by atoms with Gasteiger partial charge in [-0.15, -0.1) is 0 Å².